The van der Waals surface area contributed by atoms with E-state index in [1.807, 2.05) is 0 Å². The molecule has 4 saturated carbocycles. The summed E-state index contributed by atoms with van der Waals surface area (Å²) in [4.78, 5) is 13.0. The van der Waals surface area contributed by atoms with Crippen LogP contribution in [0.3, 0.4) is 0 Å². The van der Waals surface area contributed by atoms with Crippen LogP contribution >= 0.6 is 15.9 Å². The molecule has 1 aromatic carbocycles. The molecule has 1 N–H and O–H groups in total. The molecule has 7 rings (SSSR count). The number of allylic oxidation sites excluding steroid dienone is 1. The van der Waals surface area contributed by atoms with E-state index in [-0.39, 0.29) is 27.6 Å². The Morgan fingerprint density at radius 1 is 0.953 bits per heavy atom. The number of hydrogen-bond donors (Lipinski definition) is 1. The first-order valence-electron chi connectivity index (χ1n) is 16.9. The summed E-state index contributed by atoms with van der Waals surface area (Å²) in [6.07, 6.45) is 10.5. The van der Waals surface area contributed by atoms with Crippen molar-refractivity contribution >= 4 is 21.9 Å². The minimum absolute atomic E-state index is 0.0130. The second kappa shape index (κ2) is 9.60. The molecule has 1 heterocycles. The summed E-state index contributed by atoms with van der Waals surface area (Å²) < 4.78 is 7.86. The highest BCUT2D eigenvalue weighted by Crippen LogP contribution is 2.77. The van der Waals surface area contributed by atoms with Gasteiger partial charge in [-0.05, 0) is 140 Å². The molecule has 232 valence electrons. The number of benzene rings is 1. The summed E-state index contributed by atoms with van der Waals surface area (Å²) in [6.45, 7) is 19.3. The van der Waals surface area contributed by atoms with E-state index in [1.54, 1.807) is 0 Å². The van der Waals surface area contributed by atoms with Crippen molar-refractivity contribution in [2.75, 3.05) is 0 Å². The lowest BCUT2D eigenvalue weighted by atomic mass is 9.32. The lowest BCUT2D eigenvalue weighted by Crippen LogP contribution is -2.66. The number of aliphatic carboxylic acids is 1. The molecule has 9 atom stereocenters. The Labute approximate surface area is 267 Å². The van der Waals surface area contributed by atoms with Gasteiger partial charge in [-0.2, -0.15) is 0 Å². The van der Waals surface area contributed by atoms with Gasteiger partial charge in [-0.15, -0.1) is 0 Å². The molecule has 5 aliphatic carbocycles. The summed E-state index contributed by atoms with van der Waals surface area (Å²) in [5, 5.41) is 10.7. The van der Waals surface area contributed by atoms with Crippen LogP contribution in [0, 0.1) is 51.2 Å². The van der Waals surface area contributed by atoms with Crippen molar-refractivity contribution in [1.82, 2.24) is 0 Å². The van der Waals surface area contributed by atoms with Crippen LogP contribution in [0.5, 0.6) is 0 Å². The van der Waals surface area contributed by atoms with E-state index >= 15 is 0 Å². The number of carbonyl (C=O) groups is 1. The Balaban J connectivity index is 1.25. The number of carboxylic acid groups (broad SMARTS) is 1. The van der Waals surface area contributed by atoms with Gasteiger partial charge in [0.1, 0.15) is 11.5 Å². The van der Waals surface area contributed by atoms with Crippen molar-refractivity contribution < 1.29 is 14.3 Å². The van der Waals surface area contributed by atoms with Crippen LogP contribution in [0.15, 0.2) is 51.4 Å². The van der Waals surface area contributed by atoms with Gasteiger partial charge < -0.3 is 9.52 Å². The van der Waals surface area contributed by atoms with Crippen LogP contribution in [0.25, 0.3) is 0 Å². The van der Waals surface area contributed by atoms with Crippen LogP contribution < -0.4 is 0 Å². The highest BCUT2D eigenvalue weighted by atomic mass is 79.9. The first kappa shape index (κ1) is 29.9. The van der Waals surface area contributed by atoms with E-state index in [9.17, 15) is 9.90 Å². The van der Waals surface area contributed by atoms with E-state index in [2.05, 4.69) is 94.4 Å². The van der Waals surface area contributed by atoms with Crippen molar-refractivity contribution in [2.45, 2.75) is 111 Å². The highest BCUT2D eigenvalue weighted by Gasteiger charge is 2.72. The molecule has 0 saturated heterocycles. The van der Waals surface area contributed by atoms with Crippen LogP contribution in [0.2, 0.25) is 0 Å². The van der Waals surface area contributed by atoms with Crippen molar-refractivity contribution in [2.24, 2.45) is 51.2 Å². The smallest absolute Gasteiger partial charge is 0.309 e. The Morgan fingerprint density at radius 3 is 2.35 bits per heavy atom. The zero-order valence-corrected chi connectivity index (χ0v) is 28.8. The molecule has 0 spiro atoms. The fourth-order valence-electron chi connectivity index (χ4n) is 12.9. The third kappa shape index (κ3) is 3.93. The van der Waals surface area contributed by atoms with E-state index < -0.39 is 11.4 Å². The van der Waals surface area contributed by atoms with E-state index in [0.717, 1.165) is 55.2 Å². The van der Waals surface area contributed by atoms with E-state index in [0.29, 0.717) is 23.7 Å². The lowest BCUT2D eigenvalue weighted by molar-refractivity contribution is -0.228. The SMILES string of the molecule is C=C(C)[C@@H]1CC[C@]2(C(=O)O)CC[C@]3(C)[C@H](CC[C@@H]4[C@@]5(C)Cc6cc(Cc7ccc(Br)cc7)oc6C(C)(C)[C@@H]5CC[C@]43C)[C@@H]12. The van der Waals surface area contributed by atoms with Crippen molar-refractivity contribution in [3.05, 3.63) is 69.6 Å². The molecule has 0 bridgehead atoms. The summed E-state index contributed by atoms with van der Waals surface area (Å²) in [5.74, 6) is 4.02. The fourth-order valence-corrected chi connectivity index (χ4v) is 13.2. The van der Waals surface area contributed by atoms with E-state index in [1.165, 1.54) is 41.7 Å². The molecule has 0 aliphatic heterocycles. The molecule has 5 aliphatic rings. The molecule has 0 radical (unpaired) electrons. The number of halogens is 1. The molecule has 1 aromatic heterocycles. The van der Waals surface area contributed by atoms with Gasteiger partial charge >= 0.3 is 5.97 Å². The third-order valence-electron chi connectivity index (χ3n) is 14.9. The average Bonchev–Trinajstić information content (AvgIpc) is 3.53. The molecule has 0 unspecified atom stereocenters. The Morgan fingerprint density at radius 2 is 1.67 bits per heavy atom. The van der Waals surface area contributed by atoms with Crippen molar-refractivity contribution in [3.8, 4) is 0 Å². The Hall–Kier alpha value is -1.81. The van der Waals surface area contributed by atoms with Gasteiger partial charge in [0.2, 0.25) is 0 Å². The zero-order chi connectivity index (χ0) is 30.7. The Bertz CT molecular complexity index is 1470. The maximum absolute atomic E-state index is 13.0. The molecule has 0 amide bonds. The molecular weight excluding hydrogens is 596 g/mol. The van der Waals surface area contributed by atoms with Gasteiger partial charge in [0.25, 0.3) is 0 Å². The van der Waals surface area contributed by atoms with Gasteiger partial charge in [0.15, 0.2) is 0 Å². The lowest BCUT2D eigenvalue weighted by Gasteiger charge is -2.72. The maximum Gasteiger partial charge on any atom is 0.309 e. The minimum Gasteiger partial charge on any atom is -0.481 e. The molecular formula is C39H51BrO3. The summed E-state index contributed by atoms with van der Waals surface area (Å²) >= 11 is 3.57. The number of carboxylic acids is 1. The van der Waals surface area contributed by atoms with Crippen molar-refractivity contribution in [3.63, 3.8) is 0 Å². The van der Waals surface area contributed by atoms with Gasteiger partial charge in [-0.25, -0.2) is 0 Å². The predicted molar refractivity (Wildman–Crippen MR) is 176 cm³/mol. The zero-order valence-electron chi connectivity index (χ0n) is 27.2. The fraction of sp³-hybridized carbons (Fsp3) is 0.667. The number of hydrogen-bond acceptors (Lipinski definition) is 2. The highest BCUT2D eigenvalue weighted by molar-refractivity contribution is 9.10. The number of furan rings is 1. The van der Waals surface area contributed by atoms with Gasteiger partial charge in [0, 0.05) is 16.3 Å². The standard InChI is InChI=1S/C39H51BrO3/c1-23(2)28-14-17-39(34(41)42)19-18-37(6)29(32(28)39)12-13-31-36(5)22-25-21-27(20-24-8-10-26(40)11-9-24)43-33(25)35(3,4)30(36)15-16-38(31,37)7/h8-11,21,28-32H,1,12-20,22H2,2-7H3,(H,41,42)/t28-,29+,30-,31+,32+,36-,37+,38+,39-/m0/s1. The molecule has 43 heavy (non-hydrogen) atoms. The van der Waals surface area contributed by atoms with Crippen LogP contribution in [0.4, 0.5) is 0 Å². The van der Waals surface area contributed by atoms with E-state index in [4.69, 9.17) is 4.42 Å². The van der Waals surface area contributed by atoms with Crippen molar-refractivity contribution in [1.29, 1.82) is 0 Å². The van der Waals surface area contributed by atoms with Crippen LogP contribution in [0.1, 0.15) is 116 Å². The average molecular weight is 648 g/mol. The van der Waals surface area contributed by atoms with Crippen LogP contribution in [-0.2, 0) is 23.1 Å². The summed E-state index contributed by atoms with van der Waals surface area (Å²) in [7, 11) is 0. The summed E-state index contributed by atoms with van der Waals surface area (Å²) in [5.41, 5.74) is 3.90. The molecule has 2 aromatic rings. The largest absolute Gasteiger partial charge is 0.481 e. The molecule has 3 nitrogen and oxygen atoms in total. The number of fused-ring (bicyclic) bond motifs is 8. The second-order valence-corrected chi connectivity index (χ2v) is 17.8. The first-order valence-corrected chi connectivity index (χ1v) is 17.7. The quantitative estimate of drug-likeness (QED) is 0.336. The third-order valence-corrected chi connectivity index (χ3v) is 15.5. The monoisotopic (exact) mass is 646 g/mol. The van der Waals surface area contributed by atoms with Gasteiger partial charge in [0.05, 0.1) is 5.41 Å². The van der Waals surface area contributed by atoms with Crippen LogP contribution in [-0.4, -0.2) is 11.1 Å². The predicted octanol–water partition coefficient (Wildman–Crippen LogP) is 10.4. The maximum atomic E-state index is 13.0. The second-order valence-electron chi connectivity index (χ2n) is 16.9. The summed E-state index contributed by atoms with van der Waals surface area (Å²) in [6, 6.07) is 11.0. The number of rotatable bonds is 4. The molecule has 4 fully saturated rings. The minimum atomic E-state index is -0.554. The van der Waals surface area contributed by atoms with Gasteiger partial charge in [-0.1, -0.05) is 74.8 Å². The Kier molecular flexibility index (Phi) is 6.67. The first-order chi connectivity index (χ1) is 20.2. The molecule has 4 heteroatoms. The van der Waals surface area contributed by atoms with Gasteiger partial charge in [-0.3, -0.25) is 4.79 Å². The topological polar surface area (TPSA) is 50.4 Å². The normalized spacial score (nSPS) is 42.6.